The molecule has 0 heterocycles. The van der Waals surface area contributed by atoms with Gasteiger partial charge in [0.25, 0.3) is 0 Å². The zero-order valence-corrected chi connectivity index (χ0v) is 7.19. The summed E-state index contributed by atoms with van der Waals surface area (Å²) in [5.74, 6) is 0. The number of hydrogen-bond donors (Lipinski definition) is 0. The third kappa shape index (κ3) is 1.28. The maximum Gasteiger partial charge on any atom is 0.0409 e. The van der Waals surface area contributed by atoms with Crippen LogP contribution in [0.15, 0.2) is 18.2 Å². The van der Waals surface area contributed by atoms with E-state index in [4.69, 9.17) is 11.6 Å². The van der Waals surface area contributed by atoms with Gasteiger partial charge in [-0.15, -0.1) is 17.0 Å². The van der Waals surface area contributed by atoms with E-state index in [0.29, 0.717) is 0 Å². The maximum atomic E-state index is 5.68. The number of fused-ring (bicyclic) bond motifs is 1. The summed E-state index contributed by atoms with van der Waals surface area (Å²) in [5.41, 5.74) is 2.87. The van der Waals surface area contributed by atoms with E-state index < -0.39 is 0 Å². The molecule has 0 unspecified atom stereocenters. The predicted molar refractivity (Wildman–Crippen MR) is 44.6 cm³/mol. The summed E-state index contributed by atoms with van der Waals surface area (Å²) in [4.78, 5) is 0. The lowest BCUT2D eigenvalue weighted by Crippen LogP contribution is -1.55. The van der Waals surface area contributed by atoms with Gasteiger partial charge in [0.1, 0.15) is 0 Å². The molecule has 0 N–H and O–H groups in total. The Kier molecular flexibility index (Phi) is 1.83. The Balaban J connectivity index is 0.000000405. The van der Waals surface area contributed by atoms with Crippen LogP contribution in [0.25, 0.3) is 0 Å². The number of benzene rings is 1. The van der Waals surface area contributed by atoms with Gasteiger partial charge >= 0.3 is 0 Å². The van der Waals surface area contributed by atoms with Gasteiger partial charge in [-0.2, -0.15) is 0 Å². The van der Waals surface area contributed by atoms with Crippen LogP contribution in [0.4, 0.5) is 0 Å². The van der Waals surface area contributed by atoms with Gasteiger partial charge < -0.3 is 0 Å². The SMILES string of the molecule is Br.Clc1ccc2c(c1)C2. The van der Waals surface area contributed by atoms with Gasteiger partial charge in [-0.1, -0.05) is 17.7 Å². The minimum atomic E-state index is 0. The van der Waals surface area contributed by atoms with E-state index in [2.05, 4.69) is 6.07 Å². The second kappa shape index (κ2) is 2.31. The molecule has 0 aromatic heterocycles. The van der Waals surface area contributed by atoms with Crippen molar-refractivity contribution in [2.45, 2.75) is 6.42 Å². The Morgan fingerprint density at radius 2 is 2.00 bits per heavy atom. The Bertz CT molecular complexity index is 232. The highest BCUT2D eigenvalue weighted by Crippen LogP contribution is 2.29. The summed E-state index contributed by atoms with van der Waals surface area (Å²) in [6.07, 6.45) is 1.16. The van der Waals surface area contributed by atoms with Gasteiger partial charge in [0.05, 0.1) is 0 Å². The normalized spacial score (nSPS) is 11.7. The van der Waals surface area contributed by atoms with Crippen LogP contribution in [-0.4, -0.2) is 0 Å². The molecule has 0 nitrogen and oxygen atoms in total. The fourth-order valence-corrected chi connectivity index (χ4v) is 1.06. The van der Waals surface area contributed by atoms with Crippen molar-refractivity contribution in [1.82, 2.24) is 0 Å². The molecule has 0 amide bonds. The summed E-state index contributed by atoms with van der Waals surface area (Å²) >= 11 is 5.68. The molecule has 9 heavy (non-hydrogen) atoms. The third-order valence-corrected chi connectivity index (χ3v) is 1.66. The summed E-state index contributed by atoms with van der Waals surface area (Å²) in [6, 6.07) is 6.04. The second-order valence-corrected chi connectivity index (χ2v) is 2.53. The topological polar surface area (TPSA) is 0 Å². The Labute approximate surface area is 69.6 Å². The molecule has 0 bridgehead atoms. The molecule has 0 saturated heterocycles. The molecular formula is C7H6BrCl. The van der Waals surface area contributed by atoms with Crippen LogP contribution < -0.4 is 0 Å². The molecule has 1 aliphatic carbocycles. The van der Waals surface area contributed by atoms with Gasteiger partial charge in [0.2, 0.25) is 0 Å². The van der Waals surface area contributed by atoms with Crippen molar-refractivity contribution in [3.63, 3.8) is 0 Å². The van der Waals surface area contributed by atoms with E-state index in [-0.39, 0.29) is 17.0 Å². The van der Waals surface area contributed by atoms with E-state index in [0.717, 1.165) is 11.4 Å². The van der Waals surface area contributed by atoms with Crippen molar-refractivity contribution in [1.29, 1.82) is 0 Å². The van der Waals surface area contributed by atoms with E-state index in [9.17, 15) is 0 Å². The van der Waals surface area contributed by atoms with Crippen molar-refractivity contribution in [2.75, 3.05) is 0 Å². The summed E-state index contributed by atoms with van der Waals surface area (Å²) in [6.45, 7) is 0. The van der Waals surface area contributed by atoms with Crippen LogP contribution in [0, 0.1) is 0 Å². The van der Waals surface area contributed by atoms with Crippen LogP contribution in [0.2, 0.25) is 5.02 Å². The van der Waals surface area contributed by atoms with E-state index in [1.165, 1.54) is 11.1 Å². The summed E-state index contributed by atoms with van der Waals surface area (Å²) in [7, 11) is 0. The Morgan fingerprint density at radius 3 is 2.56 bits per heavy atom. The third-order valence-electron chi connectivity index (χ3n) is 1.42. The molecule has 0 saturated carbocycles. The quantitative estimate of drug-likeness (QED) is 0.620. The van der Waals surface area contributed by atoms with E-state index in [1.54, 1.807) is 0 Å². The lowest BCUT2D eigenvalue weighted by Gasteiger charge is -1.79. The lowest BCUT2D eigenvalue weighted by atomic mass is 10.4. The molecule has 48 valence electrons. The zero-order valence-electron chi connectivity index (χ0n) is 4.73. The molecular weight excluding hydrogens is 199 g/mol. The van der Waals surface area contributed by atoms with Crippen LogP contribution >= 0.6 is 28.6 Å². The minimum absolute atomic E-state index is 0. The predicted octanol–water partition coefficient (Wildman–Crippen LogP) is 2.82. The maximum absolute atomic E-state index is 5.68. The molecule has 0 fully saturated rings. The monoisotopic (exact) mass is 204 g/mol. The Morgan fingerprint density at radius 1 is 1.22 bits per heavy atom. The highest BCUT2D eigenvalue weighted by atomic mass is 79.9. The summed E-state index contributed by atoms with van der Waals surface area (Å²) in [5, 5.41) is 0.862. The zero-order chi connectivity index (χ0) is 5.56. The molecule has 1 aromatic rings. The van der Waals surface area contributed by atoms with Gasteiger partial charge in [0, 0.05) is 5.02 Å². The molecule has 1 aliphatic rings. The van der Waals surface area contributed by atoms with Crippen LogP contribution in [-0.2, 0) is 6.42 Å². The first-order chi connectivity index (χ1) is 3.86. The first-order valence-electron chi connectivity index (χ1n) is 2.63. The Hall–Kier alpha value is -0.0100. The van der Waals surface area contributed by atoms with Crippen molar-refractivity contribution in [2.24, 2.45) is 0 Å². The fraction of sp³-hybridized carbons (Fsp3) is 0.143. The smallest absolute Gasteiger partial charge is 0.0409 e. The first-order valence-corrected chi connectivity index (χ1v) is 3.01. The minimum Gasteiger partial charge on any atom is -0.114 e. The number of hydrogen-bond acceptors (Lipinski definition) is 0. The van der Waals surface area contributed by atoms with Crippen molar-refractivity contribution >= 4 is 28.6 Å². The van der Waals surface area contributed by atoms with Crippen molar-refractivity contribution in [3.8, 4) is 0 Å². The second-order valence-electron chi connectivity index (χ2n) is 2.09. The van der Waals surface area contributed by atoms with Crippen LogP contribution in [0.5, 0.6) is 0 Å². The van der Waals surface area contributed by atoms with Crippen LogP contribution in [0.1, 0.15) is 11.1 Å². The number of halogens is 2. The standard InChI is InChI=1S/C7H5Cl.BrH/c8-7-2-1-5-3-6(5)4-7;/h1-2,4H,3H2;1H. The lowest BCUT2D eigenvalue weighted by molar-refractivity contribution is 1.61. The molecule has 0 radical (unpaired) electrons. The molecule has 1 aromatic carbocycles. The van der Waals surface area contributed by atoms with Crippen molar-refractivity contribution in [3.05, 3.63) is 34.3 Å². The highest BCUT2D eigenvalue weighted by molar-refractivity contribution is 8.93. The van der Waals surface area contributed by atoms with E-state index in [1.807, 2.05) is 12.1 Å². The average Bonchev–Trinajstić information content (AvgIpc) is 2.43. The fourth-order valence-electron chi connectivity index (χ4n) is 0.865. The van der Waals surface area contributed by atoms with Crippen LogP contribution in [0.3, 0.4) is 0 Å². The molecule has 0 atom stereocenters. The van der Waals surface area contributed by atoms with Gasteiger partial charge in [0.15, 0.2) is 0 Å². The molecule has 0 aliphatic heterocycles. The summed E-state index contributed by atoms with van der Waals surface area (Å²) < 4.78 is 0. The average molecular weight is 205 g/mol. The van der Waals surface area contributed by atoms with Gasteiger partial charge in [-0.05, 0) is 29.7 Å². The molecule has 2 rings (SSSR count). The van der Waals surface area contributed by atoms with Crippen molar-refractivity contribution < 1.29 is 0 Å². The van der Waals surface area contributed by atoms with Gasteiger partial charge in [-0.25, -0.2) is 0 Å². The largest absolute Gasteiger partial charge is 0.114 e. The first kappa shape index (κ1) is 7.10. The number of rotatable bonds is 0. The highest BCUT2D eigenvalue weighted by Gasteiger charge is 2.14. The van der Waals surface area contributed by atoms with E-state index >= 15 is 0 Å². The molecule has 0 spiro atoms. The van der Waals surface area contributed by atoms with Gasteiger partial charge in [-0.3, -0.25) is 0 Å². The molecule has 2 heteroatoms.